The summed E-state index contributed by atoms with van der Waals surface area (Å²) in [6.45, 7) is 11.4. The van der Waals surface area contributed by atoms with E-state index in [-0.39, 0.29) is 6.09 Å². The maximum absolute atomic E-state index is 12.1. The highest BCUT2D eigenvalue weighted by Gasteiger charge is 2.33. The van der Waals surface area contributed by atoms with Crippen LogP contribution in [-0.2, 0) is 4.74 Å². The lowest BCUT2D eigenvalue weighted by atomic mass is 10.2. The van der Waals surface area contributed by atoms with Gasteiger partial charge in [-0.2, -0.15) is 0 Å². The van der Waals surface area contributed by atoms with E-state index in [0.717, 1.165) is 31.3 Å². The molecule has 3 heterocycles. The molecule has 1 amide bonds. The van der Waals surface area contributed by atoms with Crippen LogP contribution < -0.4 is 0 Å². The van der Waals surface area contributed by atoms with Gasteiger partial charge in [0.15, 0.2) is 11.7 Å². The van der Waals surface area contributed by atoms with Gasteiger partial charge in [0.1, 0.15) is 5.60 Å². The number of aliphatic imine (C=N–C) groups is 2. The van der Waals surface area contributed by atoms with Crippen molar-refractivity contribution in [3.05, 3.63) is 12.4 Å². The van der Waals surface area contributed by atoms with Gasteiger partial charge in [0.05, 0.1) is 12.6 Å². The minimum Gasteiger partial charge on any atom is -0.444 e. The molecular formula is C16H25N5O2. The first-order valence-corrected chi connectivity index (χ1v) is 8.16. The van der Waals surface area contributed by atoms with Gasteiger partial charge in [-0.3, -0.25) is 4.99 Å². The van der Waals surface area contributed by atoms with Gasteiger partial charge in [0, 0.05) is 38.6 Å². The van der Waals surface area contributed by atoms with Crippen molar-refractivity contribution in [1.29, 1.82) is 0 Å². The molecule has 0 aliphatic carbocycles. The normalized spacial score (nSPS) is 24.3. The van der Waals surface area contributed by atoms with Crippen molar-refractivity contribution in [1.82, 2.24) is 14.7 Å². The Morgan fingerprint density at radius 1 is 1.22 bits per heavy atom. The Labute approximate surface area is 137 Å². The quantitative estimate of drug-likeness (QED) is 0.679. The summed E-state index contributed by atoms with van der Waals surface area (Å²) in [5.74, 6) is 1.87. The minimum atomic E-state index is -0.457. The molecule has 7 heteroatoms. The Bertz CT molecular complexity index is 568. The molecule has 1 unspecified atom stereocenters. The van der Waals surface area contributed by atoms with E-state index < -0.39 is 5.60 Å². The smallest absolute Gasteiger partial charge is 0.410 e. The lowest BCUT2D eigenvalue weighted by Crippen LogP contribution is -2.54. The number of nitrogens with zero attached hydrogens (tertiary/aromatic N) is 5. The molecule has 7 nitrogen and oxygen atoms in total. The number of hydrogen-bond donors (Lipinski definition) is 0. The predicted molar refractivity (Wildman–Crippen MR) is 89.6 cm³/mol. The average molecular weight is 319 g/mol. The van der Waals surface area contributed by atoms with Gasteiger partial charge >= 0.3 is 6.09 Å². The first-order valence-electron chi connectivity index (χ1n) is 8.16. The number of piperazine rings is 1. The zero-order valence-electron chi connectivity index (χ0n) is 14.3. The standard InChI is InChI=1S/C16H25N5O2/c1-12-11-18-14-13(17-5-6-21(12)14)19-7-9-20(10-8-19)15(22)23-16(2,3)4/h5-6,12H,7-11H2,1-4H3. The third-order valence-corrected chi connectivity index (χ3v) is 4.08. The van der Waals surface area contributed by atoms with Crippen molar-refractivity contribution < 1.29 is 9.53 Å². The summed E-state index contributed by atoms with van der Waals surface area (Å²) >= 11 is 0. The predicted octanol–water partition coefficient (Wildman–Crippen LogP) is 1.52. The van der Waals surface area contributed by atoms with E-state index >= 15 is 0 Å². The van der Waals surface area contributed by atoms with E-state index in [1.165, 1.54) is 0 Å². The Morgan fingerprint density at radius 2 is 1.91 bits per heavy atom. The molecular weight excluding hydrogens is 294 g/mol. The van der Waals surface area contributed by atoms with Crippen LogP contribution in [0.15, 0.2) is 22.4 Å². The summed E-state index contributed by atoms with van der Waals surface area (Å²) < 4.78 is 5.44. The molecule has 0 spiro atoms. The number of amides is 1. The Kier molecular flexibility index (Phi) is 4.04. The van der Waals surface area contributed by atoms with Gasteiger partial charge in [0.2, 0.25) is 0 Å². The Morgan fingerprint density at radius 3 is 2.57 bits per heavy atom. The van der Waals surface area contributed by atoms with Gasteiger partial charge in [-0.1, -0.05) is 0 Å². The zero-order valence-corrected chi connectivity index (χ0v) is 14.3. The maximum Gasteiger partial charge on any atom is 0.410 e. The SMILES string of the molecule is CC1CN=C2C(N3CCN(C(=O)OC(C)(C)C)CC3)=NC=CN21. The molecule has 0 bridgehead atoms. The summed E-state index contributed by atoms with van der Waals surface area (Å²) in [4.78, 5) is 27.4. The number of fused-ring (bicyclic) bond motifs is 1. The van der Waals surface area contributed by atoms with Crippen LogP contribution in [0, 0.1) is 0 Å². The molecule has 3 aliphatic heterocycles. The van der Waals surface area contributed by atoms with Gasteiger partial charge in [-0.05, 0) is 27.7 Å². The summed E-state index contributed by atoms with van der Waals surface area (Å²) in [5.41, 5.74) is -0.457. The van der Waals surface area contributed by atoms with Crippen molar-refractivity contribution in [2.24, 2.45) is 9.98 Å². The number of carbonyl (C=O) groups excluding carboxylic acids is 1. The molecule has 1 saturated heterocycles. The van der Waals surface area contributed by atoms with Crippen LogP contribution in [0.4, 0.5) is 4.79 Å². The molecule has 0 N–H and O–H groups in total. The maximum atomic E-state index is 12.1. The van der Waals surface area contributed by atoms with Gasteiger partial charge < -0.3 is 19.4 Å². The van der Waals surface area contributed by atoms with Crippen LogP contribution in [0.5, 0.6) is 0 Å². The fourth-order valence-electron chi connectivity index (χ4n) is 2.88. The van der Waals surface area contributed by atoms with Gasteiger partial charge in [-0.25, -0.2) is 9.79 Å². The molecule has 3 aliphatic rings. The van der Waals surface area contributed by atoms with Crippen LogP contribution in [-0.4, -0.2) is 76.8 Å². The van der Waals surface area contributed by atoms with Crippen LogP contribution in [0.3, 0.4) is 0 Å². The zero-order chi connectivity index (χ0) is 16.6. The molecule has 0 aromatic heterocycles. The second-order valence-corrected chi connectivity index (χ2v) is 7.13. The van der Waals surface area contributed by atoms with E-state index in [4.69, 9.17) is 4.74 Å². The third-order valence-electron chi connectivity index (χ3n) is 4.08. The van der Waals surface area contributed by atoms with Gasteiger partial charge in [-0.15, -0.1) is 0 Å². The fourth-order valence-corrected chi connectivity index (χ4v) is 2.88. The van der Waals surface area contributed by atoms with Crippen molar-refractivity contribution in [2.75, 3.05) is 32.7 Å². The highest BCUT2D eigenvalue weighted by molar-refractivity contribution is 6.41. The number of amidine groups is 2. The molecule has 0 aromatic carbocycles. The first-order chi connectivity index (χ1) is 10.8. The molecule has 0 saturated carbocycles. The largest absolute Gasteiger partial charge is 0.444 e. The second-order valence-electron chi connectivity index (χ2n) is 7.13. The molecule has 1 fully saturated rings. The monoisotopic (exact) mass is 319 g/mol. The van der Waals surface area contributed by atoms with Crippen LogP contribution in [0.25, 0.3) is 0 Å². The summed E-state index contributed by atoms with van der Waals surface area (Å²) in [6.07, 6.45) is 3.57. The topological polar surface area (TPSA) is 60.7 Å². The number of ether oxygens (including phenoxy) is 1. The highest BCUT2D eigenvalue weighted by atomic mass is 16.6. The Balaban J connectivity index is 1.60. The number of rotatable bonds is 0. The molecule has 1 atom stereocenters. The van der Waals surface area contributed by atoms with E-state index in [1.807, 2.05) is 33.2 Å². The van der Waals surface area contributed by atoms with Gasteiger partial charge in [0.25, 0.3) is 0 Å². The molecule has 126 valence electrons. The Hall–Kier alpha value is -2.05. The summed E-state index contributed by atoms with van der Waals surface area (Å²) in [5, 5.41) is 0. The molecule has 0 aromatic rings. The lowest BCUT2D eigenvalue weighted by Gasteiger charge is -2.38. The first kappa shape index (κ1) is 15.8. The molecule has 0 radical (unpaired) electrons. The average Bonchev–Trinajstić information content (AvgIpc) is 2.87. The van der Waals surface area contributed by atoms with E-state index in [1.54, 1.807) is 4.90 Å². The summed E-state index contributed by atoms with van der Waals surface area (Å²) in [6, 6.07) is 0.384. The van der Waals surface area contributed by atoms with Crippen LogP contribution in [0.2, 0.25) is 0 Å². The number of carbonyl (C=O) groups is 1. The number of hydrogen-bond acceptors (Lipinski definition) is 6. The van der Waals surface area contributed by atoms with Crippen molar-refractivity contribution in [2.45, 2.75) is 39.3 Å². The summed E-state index contributed by atoms with van der Waals surface area (Å²) in [7, 11) is 0. The van der Waals surface area contributed by atoms with Crippen molar-refractivity contribution in [3.8, 4) is 0 Å². The lowest BCUT2D eigenvalue weighted by molar-refractivity contribution is 0.0188. The second kappa shape index (κ2) is 5.86. The van der Waals surface area contributed by atoms with E-state index in [9.17, 15) is 4.79 Å². The fraction of sp³-hybridized carbons (Fsp3) is 0.688. The van der Waals surface area contributed by atoms with Crippen molar-refractivity contribution in [3.63, 3.8) is 0 Å². The van der Waals surface area contributed by atoms with Crippen LogP contribution >= 0.6 is 0 Å². The molecule has 23 heavy (non-hydrogen) atoms. The van der Waals surface area contributed by atoms with E-state index in [2.05, 4.69) is 26.7 Å². The van der Waals surface area contributed by atoms with Crippen molar-refractivity contribution >= 4 is 17.8 Å². The molecule has 3 rings (SSSR count). The van der Waals surface area contributed by atoms with Crippen LogP contribution in [0.1, 0.15) is 27.7 Å². The van der Waals surface area contributed by atoms with E-state index in [0.29, 0.717) is 19.1 Å². The minimum absolute atomic E-state index is 0.240. The third kappa shape index (κ3) is 3.33. The highest BCUT2D eigenvalue weighted by Crippen LogP contribution is 2.19.